The molecule has 0 saturated carbocycles. The van der Waals surface area contributed by atoms with Gasteiger partial charge in [-0.25, -0.2) is 10.4 Å². The van der Waals surface area contributed by atoms with E-state index in [9.17, 15) is 15.0 Å². The maximum Gasteiger partial charge on any atom is 0.252 e. The molecule has 0 spiro atoms. The monoisotopic (exact) mass is 272 g/mol. The van der Waals surface area contributed by atoms with Crippen molar-refractivity contribution in [2.45, 2.75) is 25.2 Å². The van der Waals surface area contributed by atoms with Crippen molar-refractivity contribution in [1.29, 1.82) is 0 Å². The van der Waals surface area contributed by atoms with Gasteiger partial charge in [-0.05, 0) is 6.92 Å². The molecule has 1 aromatic rings. The number of aromatic amines is 1. The van der Waals surface area contributed by atoms with Gasteiger partial charge in [-0.2, -0.15) is 5.10 Å². The molecule has 0 aliphatic heterocycles. The summed E-state index contributed by atoms with van der Waals surface area (Å²) in [7, 11) is 0. The molecule has 9 heteroatoms. The number of rotatable bonds is 6. The molecular weight excluding hydrogens is 256 g/mol. The third-order valence-corrected chi connectivity index (χ3v) is 2.20. The number of hydrogen-bond donors (Lipinski definition) is 6. The van der Waals surface area contributed by atoms with E-state index in [-0.39, 0.29) is 11.5 Å². The molecule has 0 saturated heterocycles. The number of aromatic nitrogens is 2. The van der Waals surface area contributed by atoms with Gasteiger partial charge in [0.15, 0.2) is 0 Å². The average molecular weight is 272 g/mol. The van der Waals surface area contributed by atoms with Crippen LogP contribution in [0.25, 0.3) is 0 Å². The Morgan fingerprint density at radius 2 is 2.21 bits per heavy atom. The van der Waals surface area contributed by atoms with Crippen LogP contribution in [0.2, 0.25) is 0 Å². The lowest BCUT2D eigenvalue weighted by molar-refractivity contribution is -0.0541. The first-order chi connectivity index (χ1) is 8.93. The minimum absolute atomic E-state index is 0.0747. The van der Waals surface area contributed by atoms with Gasteiger partial charge in [0, 0.05) is 11.8 Å². The Morgan fingerprint density at radius 1 is 1.53 bits per heavy atom. The highest BCUT2D eigenvalue weighted by Gasteiger charge is 2.22. The van der Waals surface area contributed by atoms with E-state index in [2.05, 4.69) is 20.5 Å². The van der Waals surface area contributed by atoms with Gasteiger partial charge in [0.05, 0.1) is 12.8 Å². The Morgan fingerprint density at radius 3 is 2.79 bits per heavy atom. The fourth-order valence-corrected chi connectivity index (χ4v) is 1.23. The summed E-state index contributed by atoms with van der Waals surface area (Å²) in [5, 5.41) is 39.9. The zero-order valence-corrected chi connectivity index (χ0v) is 10.2. The third-order valence-electron chi connectivity index (χ3n) is 2.20. The summed E-state index contributed by atoms with van der Waals surface area (Å²) < 4.78 is 0. The Bertz CT molecular complexity index is 489. The SMILES string of the molecule is Cc1cc(=O)[nH]c(N/N=C/[C@@H](O)[C@H](O)[C@H](O)CO)n1. The molecule has 9 nitrogen and oxygen atoms in total. The van der Waals surface area contributed by atoms with Crippen molar-refractivity contribution < 1.29 is 20.4 Å². The minimum atomic E-state index is -1.57. The molecule has 0 unspecified atom stereocenters. The molecule has 6 N–H and O–H groups in total. The van der Waals surface area contributed by atoms with Crippen molar-refractivity contribution in [3.05, 3.63) is 22.1 Å². The van der Waals surface area contributed by atoms with Gasteiger partial charge in [0.25, 0.3) is 5.56 Å². The van der Waals surface area contributed by atoms with Crippen molar-refractivity contribution in [3.63, 3.8) is 0 Å². The van der Waals surface area contributed by atoms with E-state index in [4.69, 9.17) is 10.2 Å². The van der Waals surface area contributed by atoms with Crippen LogP contribution in [-0.4, -0.2) is 61.5 Å². The first-order valence-electron chi connectivity index (χ1n) is 5.46. The number of aryl methyl sites for hydroxylation is 1. The Hall–Kier alpha value is -1.81. The number of aliphatic hydroxyl groups excluding tert-OH is 4. The van der Waals surface area contributed by atoms with Crippen molar-refractivity contribution in [1.82, 2.24) is 9.97 Å². The summed E-state index contributed by atoms with van der Waals surface area (Å²) >= 11 is 0. The van der Waals surface area contributed by atoms with E-state index in [0.29, 0.717) is 5.69 Å². The lowest BCUT2D eigenvalue weighted by atomic mass is 10.1. The van der Waals surface area contributed by atoms with Crippen LogP contribution in [0.4, 0.5) is 5.95 Å². The Labute approximate surface area is 108 Å². The molecule has 19 heavy (non-hydrogen) atoms. The largest absolute Gasteiger partial charge is 0.394 e. The maximum atomic E-state index is 11.1. The first-order valence-corrected chi connectivity index (χ1v) is 5.46. The van der Waals surface area contributed by atoms with E-state index in [1.165, 1.54) is 6.07 Å². The van der Waals surface area contributed by atoms with Crippen LogP contribution in [-0.2, 0) is 0 Å². The van der Waals surface area contributed by atoms with Crippen molar-refractivity contribution >= 4 is 12.2 Å². The van der Waals surface area contributed by atoms with E-state index >= 15 is 0 Å². The fraction of sp³-hybridized carbons (Fsp3) is 0.500. The van der Waals surface area contributed by atoms with Crippen molar-refractivity contribution in [2.75, 3.05) is 12.0 Å². The predicted octanol–water partition coefficient (Wildman–Crippen LogP) is -2.45. The van der Waals surface area contributed by atoms with Crippen LogP contribution in [0, 0.1) is 6.92 Å². The molecule has 1 heterocycles. The summed E-state index contributed by atoms with van der Waals surface area (Å²) in [6.07, 6.45) is -3.61. The molecule has 3 atom stereocenters. The molecule has 0 fully saturated rings. The highest BCUT2D eigenvalue weighted by molar-refractivity contribution is 5.64. The van der Waals surface area contributed by atoms with Gasteiger partial charge < -0.3 is 20.4 Å². The smallest absolute Gasteiger partial charge is 0.252 e. The molecule has 0 aliphatic carbocycles. The quantitative estimate of drug-likeness (QED) is 0.248. The van der Waals surface area contributed by atoms with Gasteiger partial charge in [-0.3, -0.25) is 9.78 Å². The van der Waals surface area contributed by atoms with E-state index in [0.717, 1.165) is 6.21 Å². The second-order valence-electron chi connectivity index (χ2n) is 3.86. The number of anilines is 1. The average Bonchev–Trinajstić information content (AvgIpc) is 2.35. The fourth-order valence-electron chi connectivity index (χ4n) is 1.23. The van der Waals surface area contributed by atoms with Crippen LogP contribution >= 0.6 is 0 Å². The molecule has 0 aliphatic rings. The van der Waals surface area contributed by atoms with E-state index in [1.54, 1.807) is 6.92 Å². The van der Waals surface area contributed by atoms with Crippen LogP contribution in [0.5, 0.6) is 0 Å². The molecule has 0 bridgehead atoms. The molecule has 0 aromatic carbocycles. The van der Waals surface area contributed by atoms with Crippen molar-refractivity contribution in [3.8, 4) is 0 Å². The zero-order valence-electron chi connectivity index (χ0n) is 10.2. The molecule has 1 aromatic heterocycles. The van der Waals surface area contributed by atoms with Gasteiger partial charge in [-0.1, -0.05) is 0 Å². The van der Waals surface area contributed by atoms with Crippen LogP contribution < -0.4 is 11.0 Å². The van der Waals surface area contributed by atoms with Gasteiger partial charge >= 0.3 is 0 Å². The number of nitrogens with zero attached hydrogens (tertiary/aromatic N) is 2. The maximum absolute atomic E-state index is 11.1. The topological polar surface area (TPSA) is 151 Å². The molecule has 1 rings (SSSR count). The Balaban J connectivity index is 2.60. The number of aliphatic hydroxyl groups is 4. The standard InChI is InChI=1S/C10H16N4O5/c1-5-2-8(18)13-10(12-5)14-11-3-6(16)9(19)7(17)4-15/h2-3,6-7,9,15-17,19H,4H2,1H3,(H2,12,13,14,18)/b11-3+/t6-,7-,9+/m1/s1. The van der Waals surface area contributed by atoms with Crippen LogP contribution in [0.1, 0.15) is 5.69 Å². The summed E-state index contributed by atoms with van der Waals surface area (Å²) in [6, 6.07) is 1.30. The second kappa shape index (κ2) is 6.95. The number of hydrazone groups is 1. The predicted molar refractivity (Wildman–Crippen MR) is 66.8 cm³/mol. The van der Waals surface area contributed by atoms with Gasteiger partial charge in [0.1, 0.15) is 18.3 Å². The summed E-state index contributed by atoms with van der Waals surface area (Å²) in [5.74, 6) is 0.0747. The van der Waals surface area contributed by atoms with E-state index < -0.39 is 24.9 Å². The lowest BCUT2D eigenvalue weighted by Gasteiger charge is -2.17. The third kappa shape index (κ3) is 4.75. The van der Waals surface area contributed by atoms with Gasteiger partial charge in [-0.15, -0.1) is 0 Å². The number of hydrogen-bond acceptors (Lipinski definition) is 8. The summed E-state index contributed by atoms with van der Waals surface area (Å²) in [5.41, 5.74) is 2.48. The van der Waals surface area contributed by atoms with Crippen molar-refractivity contribution in [2.24, 2.45) is 5.10 Å². The molecule has 0 amide bonds. The van der Waals surface area contributed by atoms with E-state index in [1.807, 2.05) is 0 Å². The molecule has 106 valence electrons. The Kier molecular flexibility index (Phi) is 5.57. The molecular formula is C10H16N4O5. The summed E-state index contributed by atoms with van der Waals surface area (Å²) in [4.78, 5) is 17.4. The van der Waals surface area contributed by atoms with Crippen LogP contribution in [0.3, 0.4) is 0 Å². The minimum Gasteiger partial charge on any atom is -0.394 e. The van der Waals surface area contributed by atoms with Crippen LogP contribution in [0.15, 0.2) is 16.0 Å². The lowest BCUT2D eigenvalue weighted by Crippen LogP contribution is -2.40. The molecule has 0 radical (unpaired) electrons. The normalized spacial score (nSPS) is 16.3. The summed E-state index contributed by atoms with van der Waals surface area (Å²) in [6.45, 7) is 0.937. The van der Waals surface area contributed by atoms with Gasteiger partial charge in [0.2, 0.25) is 5.95 Å². The first kappa shape index (κ1) is 15.2. The number of nitrogens with one attached hydrogen (secondary N) is 2. The highest BCUT2D eigenvalue weighted by atomic mass is 16.4. The second-order valence-corrected chi connectivity index (χ2v) is 3.86. The highest BCUT2D eigenvalue weighted by Crippen LogP contribution is 1.99. The zero-order chi connectivity index (χ0) is 14.4. The number of H-pyrrole nitrogens is 1.